The third kappa shape index (κ3) is 3.35. The van der Waals surface area contributed by atoms with Gasteiger partial charge in [0.25, 0.3) is 5.56 Å². The molecule has 3 aromatic heterocycles. The maximum atomic E-state index is 12.5. The number of nitrogens with zero attached hydrogens (tertiary/aromatic N) is 6. The predicted molar refractivity (Wildman–Crippen MR) is 112 cm³/mol. The summed E-state index contributed by atoms with van der Waals surface area (Å²) in [6.45, 7) is 1.41. The van der Waals surface area contributed by atoms with Crippen LogP contribution in [0.2, 0.25) is 0 Å². The van der Waals surface area contributed by atoms with Crippen molar-refractivity contribution in [3.8, 4) is 11.3 Å². The molecule has 1 saturated heterocycles. The molecule has 0 aliphatic carbocycles. The van der Waals surface area contributed by atoms with E-state index in [1.807, 2.05) is 30.3 Å². The van der Waals surface area contributed by atoms with E-state index >= 15 is 0 Å². The van der Waals surface area contributed by atoms with Crippen molar-refractivity contribution in [2.75, 3.05) is 11.4 Å². The Hall–Kier alpha value is -3.61. The van der Waals surface area contributed by atoms with E-state index in [9.17, 15) is 4.79 Å². The minimum Gasteiger partial charge on any atom is -0.350 e. The van der Waals surface area contributed by atoms with Crippen LogP contribution in [-0.4, -0.2) is 37.5 Å². The first kappa shape index (κ1) is 17.5. The number of hydrogen-bond donors (Lipinski definition) is 0. The molecule has 0 spiro atoms. The largest absolute Gasteiger partial charge is 0.350 e. The van der Waals surface area contributed by atoms with Crippen molar-refractivity contribution in [2.45, 2.75) is 25.4 Å². The quantitative estimate of drug-likeness (QED) is 0.538. The Balaban J connectivity index is 1.48. The number of benzene rings is 1. The molecule has 5 rings (SSSR count). The molecule has 4 heterocycles. The highest BCUT2D eigenvalue weighted by atomic mass is 16.1. The van der Waals surface area contributed by atoms with Crippen molar-refractivity contribution in [2.24, 2.45) is 0 Å². The molecule has 1 unspecified atom stereocenters. The first-order valence-electron chi connectivity index (χ1n) is 9.75. The highest BCUT2D eigenvalue weighted by Crippen LogP contribution is 2.30. The summed E-state index contributed by atoms with van der Waals surface area (Å²) >= 11 is 0. The van der Waals surface area contributed by atoms with Gasteiger partial charge >= 0.3 is 0 Å². The normalized spacial score (nSPS) is 16.4. The molecular weight excluding hydrogens is 364 g/mol. The van der Waals surface area contributed by atoms with Gasteiger partial charge in [-0.15, -0.1) is 5.10 Å². The van der Waals surface area contributed by atoms with Gasteiger partial charge < -0.3 is 4.90 Å². The Morgan fingerprint density at radius 2 is 1.90 bits per heavy atom. The summed E-state index contributed by atoms with van der Waals surface area (Å²) in [6.07, 6.45) is 7.27. The number of anilines is 1. The minimum absolute atomic E-state index is 0.0985. The molecule has 29 heavy (non-hydrogen) atoms. The van der Waals surface area contributed by atoms with Crippen LogP contribution >= 0.6 is 0 Å². The molecule has 0 amide bonds. The zero-order chi connectivity index (χ0) is 19.6. The fourth-order valence-electron chi connectivity index (χ4n) is 3.99. The molecule has 1 aromatic carbocycles. The molecule has 7 heteroatoms. The van der Waals surface area contributed by atoms with Crippen LogP contribution in [0.5, 0.6) is 0 Å². The van der Waals surface area contributed by atoms with E-state index in [0.29, 0.717) is 6.54 Å². The summed E-state index contributed by atoms with van der Waals surface area (Å²) in [4.78, 5) is 18.8. The first-order chi connectivity index (χ1) is 14.3. The Morgan fingerprint density at radius 3 is 2.79 bits per heavy atom. The Morgan fingerprint density at radius 1 is 1.03 bits per heavy atom. The van der Waals surface area contributed by atoms with Gasteiger partial charge in [-0.3, -0.25) is 9.78 Å². The highest BCUT2D eigenvalue weighted by Gasteiger charge is 2.28. The lowest BCUT2D eigenvalue weighted by Crippen LogP contribution is -2.37. The molecule has 0 saturated carbocycles. The van der Waals surface area contributed by atoms with Crippen LogP contribution in [0.15, 0.2) is 71.9 Å². The van der Waals surface area contributed by atoms with Gasteiger partial charge in [-0.2, -0.15) is 10.2 Å². The van der Waals surface area contributed by atoms with Crippen molar-refractivity contribution >= 4 is 16.6 Å². The monoisotopic (exact) mass is 384 g/mol. The van der Waals surface area contributed by atoms with Gasteiger partial charge in [-0.25, -0.2) is 4.68 Å². The molecule has 4 aromatic rings. The second-order valence-corrected chi connectivity index (χ2v) is 7.22. The topological polar surface area (TPSA) is 76.8 Å². The van der Waals surface area contributed by atoms with E-state index in [0.717, 1.165) is 47.2 Å². The second kappa shape index (κ2) is 7.43. The molecule has 1 atom stereocenters. The molecule has 144 valence electrons. The second-order valence-electron chi connectivity index (χ2n) is 7.22. The molecule has 1 aliphatic heterocycles. The third-order valence-corrected chi connectivity index (χ3v) is 5.43. The Kier molecular flexibility index (Phi) is 4.48. The lowest BCUT2D eigenvalue weighted by Gasteiger charge is -2.26. The van der Waals surface area contributed by atoms with Crippen LogP contribution in [0.25, 0.3) is 22.0 Å². The van der Waals surface area contributed by atoms with E-state index < -0.39 is 0 Å². The van der Waals surface area contributed by atoms with E-state index in [1.165, 1.54) is 0 Å². The van der Waals surface area contributed by atoms with Gasteiger partial charge in [0.15, 0.2) is 5.82 Å². The van der Waals surface area contributed by atoms with Crippen LogP contribution in [0.3, 0.4) is 0 Å². The minimum atomic E-state index is -0.0985. The smallest absolute Gasteiger partial charge is 0.266 e. The van der Waals surface area contributed by atoms with Gasteiger partial charge in [-0.05, 0) is 31.0 Å². The summed E-state index contributed by atoms with van der Waals surface area (Å²) < 4.78 is 1.57. The summed E-state index contributed by atoms with van der Waals surface area (Å²) in [5.41, 5.74) is 1.61. The van der Waals surface area contributed by atoms with Crippen molar-refractivity contribution < 1.29 is 0 Å². The van der Waals surface area contributed by atoms with E-state index in [-0.39, 0.29) is 11.6 Å². The SMILES string of the molecule is O=c1ccc(-c2ccncc2)nn1CC1CCCN1c1nncc2ccccc12. The van der Waals surface area contributed by atoms with Crippen molar-refractivity contribution in [1.82, 2.24) is 25.0 Å². The Bertz CT molecular complexity index is 1200. The number of pyridine rings is 1. The lowest BCUT2D eigenvalue weighted by molar-refractivity contribution is 0.488. The average molecular weight is 384 g/mol. The number of aromatic nitrogens is 5. The van der Waals surface area contributed by atoms with Crippen LogP contribution in [0, 0.1) is 0 Å². The molecule has 1 fully saturated rings. The molecular formula is C22H20N6O. The van der Waals surface area contributed by atoms with Crippen molar-refractivity contribution in [1.29, 1.82) is 0 Å². The van der Waals surface area contributed by atoms with Gasteiger partial charge in [-0.1, -0.05) is 24.3 Å². The van der Waals surface area contributed by atoms with Gasteiger partial charge in [0.05, 0.1) is 24.5 Å². The van der Waals surface area contributed by atoms with Gasteiger partial charge in [0, 0.05) is 41.3 Å². The predicted octanol–water partition coefficient (Wildman–Crippen LogP) is 2.92. The van der Waals surface area contributed by atoms with Crippen molar-refractivity contribution in [3.05, 3.63) is 77.5 Å². The fraction of sp³-hybridized carbons (Fsp3) is 0.227. The van der Waals surface area contributed by atoms with E-state index in [4.69, 9.17) is 0 Å². The zero-order valence-electron chi connectivity index (χ0n) is 15.8. The Labute approximate surface area is 167 Å². The number of rotatable bonds is 4. The summed E-state index contributed by atoms with van der Waals surface area (Å²) in [5, 5.41) is 15.4. The molecule has 0 radical (unpaired) electrons. The third-order valence-electron chi connectivity index (χ3n) is 5.43. The number of hydrogen-bond acceptors (Lipinski definition) is 6. The fourth-order valence-corrected chi connectivity index (χ4v) is 3.99. The summed E-state index contributed by atoms with van der Waals surface area (Å²) in [5.74, 6) is 0.879. The lowest BCUT2D eigenvalue weighted by atomic mass is 10.1. The molecule has 0 N–H and O–H groups in total. The summed E-state index contributed by atoms with van der Waals surface area (Å²) in [7, 11) is 0. The standard InChI is InChI=1S/C22H20N6O/c29-21-8-7-20(16-9-11-23-12-10-16)26-28(21)15-18-5-3-13-27(18)22-19-6-2-1-4-17(19)14-24-25-22/h1-2,4,6-12,14,18H,3,5,13,15H2. The van der Waals surface area contributed by atoms with Crippen LogP contribution in [-0.2, 0) is 6.54 Å². The van der Waals surface area contributed by atoms with Crippen molar-refractivity contribution in [3.63, 3.8) is 0 Å². The first-order valence-corrected chi connectivity index (χ1v) is 9.75. The van der Waals surface area contributed by atoms with Crippen LogP contribution in [0.1, 0.15) is 12.8 Å². The maximum absolute atomic E-state index is 12.5. The van der Waals surface area contributed by atoms with Gasteiger partial charge in [0.1, 0.15) is 0 Å². The average Bonchev–Trinajstić information content (AvgIpc) is 3.23. The van der Waals surface area contributed by atoms with E-state index in [1.54, 1.807) is 35.4 Å². The van der Waals surface area contributed by atoms with Crippen LogP contribution in [0.4, 0.5) is 5.82 Å². The maximum Gasteiger partial charge on any atom is 0.266 e. The molecule has 1 aliphatic rings. The molecule has 7 nitrogen and oxygen atoms in total. The molecule has 0 bridgehead atoms. The van der Waals surface area contributed by atoms with E-state index in [2.05, 4.69) is 31.2 Å². The zero-order valence-corrected chi connectivity index (χ0v) is 15.8. The number of fused-ring (bicyclic) bond motifs is 1. The highest BCUT2D eigenvalue weighted by molar-refractivity contribution is 5.91. The summed E-state index contributed by atoms with van der Waals surface area (Å²) in [6, 6.07) is 15.4. The van der Waals surface area contributed by atoms with Gasteiger partial charge in [0.2, 0.25) is 0 Å². The van der Waals surface area contributed by atoms with Crippen LogP contribution < -0.4 is 10.5 Å².